The highest BCUT2D eigenvalue weighted by Crippen LogP contribution is 2.38. The van der Waals surface area contributed by atoms with Crippen LogP contribution in [0.2, 0.25) is 10.0 Å². The first kappa shape index (κ1) is 22.1. The maximum atomic E-state index is 14.8. The Balaban J connectivity index is 1.65. The van der Waals surface area contributed by atoms with Crippen molar-refractivity contribution < 1.29 is 8.78 Å². The van der Waals surface area contributed by atoms with Crippen LogP contribution in [0.4, 0.5) is 8.78 Å². The summed E-state index contributed by atoms with van der Waals surface area (Å²) in [4.78, 5) is 9.32. The molecule has 4 nitrogen and oxygen atoms in total. The van der Waals surface area contributed by atoms with Crippen LogP contribution in [0, 0.1) is 11.6 Å². The number of aliphatic imine (C=N–C) groups is 1. The van der Waals surface area contributed by atoms with Gasteiger partial charge in [-0.1, -0.05) is 71.4 Å². The summed E-state index contributed by atoms with van der Waals surface area (Å²) in [6, 6.07) is 16.5. The molecular formula is C24H16Cl2F2N4S. The fraction of sp³-hybridized carbons (Fsp3) is 0.125. The largest absolute Gasteiger partial charge is 0.273 e. The smallest absolute Gasteiger partial charge is 0.209 e. The summed E-state index contributed by atoms with van der Waals surface area (Å²) in [5.41, 5.74) is 1.77. The van der Waals surface area contributed by atoms with Crippen LogP contribution in [-0.2, 0) is 5.75 Å². The van der Waals surface area contributed by atoms with E-state index in [1.807, 2.05) is 30.3 Å². The summed E-state index contributed by atoms with van der Waals surface area (Å²) in [5.74, 6) is -0.247. The first-order valence-electron chi connectivity index (χ1n) is 10.1. The van der Waals surface area contributed by atoms with Crippen molar-refractivity contribution in [2.24, 2.45) is 4.99 Å². The molecule has 0 fully saturated rings. The number of nitrogens with zero attached hydrogens (tertiary/aromatic N) is 4. The molecule has 0 spiro atoms. The Kier molecular flexibility index (Phi) is 5.95. The molecule has 1 aliphatic heterocycles. The van der Waals surface area contributed by atoms with Gasteiger partial charge in [0.25, 0.3) is 0 Å². The third kappa shape index (κ3) is 4.05. The lowest BCUT2D eigenvalue weighted by Crippen LogP contribution is -2.13. The van der Waals surface area contributed by atoms with Crippen molar-refractivity contribution in [3.8, 4) is 5.69 Å². The normalized spacial score (nSPS) is 14.9. The van der Waals surface area contributed by atoms with Gasteiger partial charge in [0.15, 0.2) is 5.82 Å². The molecule has 1 atom stereocenters. The van der Waals surface area contributed by atoms with Crippen LogP contribution in [0.1, 0.15) is 35.5 Å². The lowest BCUT2D eigenvalue weighted by Gasteiger charge is -2.14. The predicted octanol–water partition coefficient (Wildman–Crippen LogP) is 7.06. The molecule has 0 bridgehead atoms. The molecular weight excluding hydrogens is 485 g/mol. The van der Waals surface area contributed by atoms with Crippen molar-refractivity contribution in [2.45, 2.75) is 23.9 Å². The van der Waals surface area contributed by atoms with E-state index in [2.05, 4.69) is 15.1 Å². The minimum Gasteiger partial charge on any atom is -0.273 e. The lowest BCUT2D eigenvalue weighted by molar-refractivity contribution is 0.578. The van der Waals surface area contributed by atoms with Gasteiger partial charge in [-0.2, -0.15) is 0 Å². The number of aromatic nitrogens is 3. The molecule has 0 aliphatic carbocycles. The SMILES string of the molecule is CC1N=C(c2c(F)cccc2F)c2c(ccc(Cl)c2Cl)-n2nc(SCc3ccccc3)nc21. The molecule has 9 heteroatoms. The Morgan fingerprint density at radius 3 is 2.39 bits per heavy atom. The van der Waals surface area contributed by atoms with Crippen LogP contribution in [0.3, 0.4) is 0 Å². The summed E-state index contributed by atoms with van der Waals surface area (Å²) in [6.45, 7) is 1.80. The van der Waals surface area contributed by atoms with E-state index in [1.165, 1.54) is 30.0 Å². The van der Waals surface area contributed by atoms with E-state index in [1.54, 1.807) is 23.7 Å². The van der Waals surface area contributed by atoms with E-state index >= 15 is 0 Å². The second-order valence-corrected chi connectivity index (χ2v) is 9.17. The standard InChI is InChI=1S/C24H16Cl2F2N4S/c1-13-23-30-24(33-12-14-6-3-2-4-7-14)31-32(23)18-11-10-15(25)21(26)20(18)22(29-13)19-16(27)8-5-9-17(19)28/h2-11,13H,12H2,1H3. The average molecular weight is 501 g/mol. The number of thioether (sulfide) groups is 1. The van der Waals surface area contributed by atoms with Gasteiger partial charge in [0.1, 0.15) is 17.7 Å². The molecule has 3 aromatic carbocycles. The quantitative estimate of drug-likeness (QED) is 0.281. The van der Waals surface area contributed by atoms with Crippen LogP contribution in [0.15, 0.2) is 70.8 Å². The van der Waals surface area contributed by atoms with Crippen LogP contribution >= 0.6 is 35.0 Å². The minimum absolute atomic E-state index is 0.0754. The van der Waals surface area contributed by atoms with Gasteiger partial charge in [-0.05, 0) is 36.8 Å². The summed E-state index contributed by atoms with van der Waals surface area (Å²) in [6.07, 6.45) is 0. The zero-order valence-electron chi connectivity index (χ0n) is 17.3. The molecule has 1 aromatic heterocycles. The lowest BCUT2D eigenvalue weighted by atomic mass is 9.99. The van der Waals surface area contributed by atoms with Crippen LogP contribution in [0.25, 0.3) is 5.69 Å². The van der Waals surface area contributed by atoms with Gasteiger partial charge >= 0.3 is 0 Å². The van der Waals surface area contributed by atoms with E-state index in [-0.39, 0.29) is 21.3 Å². The molecule has 33 heavy (non-hydrogen) atoms. The molecule has 2 heterocycles. The van der Waals surface area contributed by atoms with E-state index in [9.17, 15) is 8.78 Å². The Morgan fingerprint density at radius 1 is 0.939 bits per heavy atom. The van der Waals surface area contributed by atoms with E-state index in [4.69, 9.17) is 23.2 Å². The van der Waals surface area contributed by atoms with Crippen molar-refractivity contribution in [2.75, 3.05) is 0 Å². The highest BCUT2D eigenvalue weighted by atomic mass is 35.5. The summed E-state index contributed by atoms with van der Waals surface area (Å²) in [5, 5.41) is 5.62. The van der Waals surface area contributed by atoms with Crippen LogP contribution in [0.5, 0.6) is 0 Å². The molecule has 4 aromatic rings. The number of fused-ring (bicyclic) bond motifs is 3. The van der Waals surface area contributed by atoms with Gasteiger partial charge in [0.2, 0.25) is 5.16 Å². The number of rotatable bonds is 4. The van der Waals surface area contributed by atoms with Crippen molar-refractivity contribution in [3.63, 3.8) is 0 Å². The molecule has 0 amide bonds. The van der Waals surface area contributed by atoms with E-state index < -0.39 is 17.7 Å². The van der Waals surface area contributed by atoms with Gasteiger partial charge in [-0.25, -0.2) is 18.4 Å². The highest BCUT2D eigenvalue weighted by molar-refractivity contribution is 7.98. The molecule has 0 radical (unpaired) electrons. The Labute approximate surface area is 203 Å². The topological polar surface area (TPSA) is 43.1 Å². The molecule has 5 rings (SSSR count). The molecule has 0 saturated heterocycles. The number of hydrogen-bond donors (Lipinski definition) is 0. The third-order valence-corrected chi connectivity index (χ3v) is 6.97. The number of benzene rings is 3. The fourth-order valence-corrected chi connectivity index (χ4v) is 4.90. The van der Waals surface area contributed by atoms with Gasteiger partial charge in [0.05, 0.1) is 27.0 Å². The molecule has 1 aliphatic rings. The van der Waals surface area contributed by atoms with E-state index in [0.29, 0.717) is 28.0 Å². The monoisotopic (exact) mass is 500 g/mol. The predicted molar refractivity (Wildman–Crippen MR) is 128 cm³/mol. The second-order valence-electron chi connectivity index (χ2n) is 7.44. The van der Waals surface area contributed by atoms with Gasteiger partial charge < -0.3 is 0 Å². The molecule has 166 valence electrons. The Morgan fingerprint density at radius 2 is 1.67 bits per heavy atom. The van der Waals surface area contributed by atoms with Gasteiger partial charge in [-0.15, -0.1) is 5.10 Å². The fourth-order valence-electron chi connectivity index (χ4n) is 3.71. The number of hydrogen-bond acceptors (Lipinski definition) is 4. The molecule has 1 unspecified atom stereocenters. The third-order valence-electron chi connectivity index (χ3n) is 5.26. The van der Waals surface area contributed by atoms with Crippen LogP contribution in [-0.4, -0.2) is 20.5 Å². The first-order chi connectivity index (χ1) is 15.9. The minimum atomic E-state index is -0.741. The zero-order chi connectivity index (χ0) is 23.1. The summed E-state index contributed by atoms with van der Waals surface area (Å²) < 4.78 is 31.2. The summed E-state index contributed by atoms with van der Waals surface area (Å²) >= 11 is 14.4. The zero-order valence-corrected chi connectivity index (χ0v) is 19.6. The second kappa shape index (κ2) is 8.89. The Hall–Kier alpha value is -2.74. The average Bonchev–Trinajstić information content (AvgIpc) is 3.19. The van der Waals surface area contributed by atoms with Gasteiger partial charge in [0, 0.05) is 11.3 Å². The van der Waals surface area contributed by atoms with Crippen molar-refractivity contribution in [1.29, 1.82) is 0 Å². The summed E-state index contributed by atoms with van der Waals surface area (Å²) in [7, 11) is 0. The Bertz CT molecular complexity index is 1370. The highest BCUT2D eigenvalue weighted by Gasteiger charge is 2.31. The maximum Gasteiger partial charge on any atom is 0.209 e. The van der Waals surface area contributed by atoms with Crippen molar-refractivity contribution >= 4 is 40.7 Å². The van der Waals surface area contributed by atoms with Crippen LogP contribution < -0.4 is 0 Å². The molecule has 0 saturated carbocycles. The maximum absolute atomic E-state index is 14.8. The van der Waals surface area contributed by atoms with Gasteiger partial charge in [-0.3, -0.25) is 4.99 Å². The van der Waals surface area contributed by atoms with E-state index in [0.717, 1.165) is 5.56 Å². The van der Waals surface area contributed by atoms with Crippen molar-refractivity contribution in [1.82, 2.24) is 14.8 Å². The van der Waals surface area contributed by atoms with Crippen molar-refractivity contribution in [3.05, 3.63) is 105 Å². The first-order valence-corrected chi connectivity index (χ1v) is 11.8. The number of halogens is 4. The molecule has 0 N–H and O–H groups in total.